The molecule has 1 heterocycles. The quantitative estimate of drug-likeness (QED) is 0.335. The third-order valence-electron chi connectivity index (χ3n) is 6.58. The summed E-state index contributed by atoms with van der Waals surface area (Å²) in [6.07, 6.45) is -2.44. The number of para-hydroxylation sites is 1. The number of methoxy groups -OCH3 is 2. The first-order valence-electron chi connectivity index (χ1n) is 13.3. The van der Waals surface area contributed by atoms with Gasteiger partial charge in [0.15, 0.2) is 11.5 Å². The summed E-state index contributed by atoms with van der Waals surface area (Å²) >= 11 is 6.43. The molecule has 15 heteroatoms. The highest BCUT2D eigenvalue weighted by atomic mass is 35.5. The van der Waals surface area contributed by atoms with Gasteiger partial charge in [0, 0.05) is 42.2 Å². The van der Waals surface area contributed by atoms with Gasteiger partial charge in [-0.15, -0.1) is 0 Å². The third-order valence-corrected chi connectivity index (χ3v) is 7.41. The van der Waals surface area contributed by atoms with Gasteiger partial charge in [-0.3, -0.25) is 23.9 Å². The second-order valence-corrected chi connectivity index (χ2v) is 12.8. The Balaban J connectivity index is 2.24. The molecule has 1 aliphatic heterocycles. The fourth-order valence-corrected chi connectivity index (χ4v) is 5.39. The predicted octanol–water partition coefficient (Wildman–Crippen LogP) is 2.78. The van der Waals surface area contributed by atoms with E-state index in [1.54, 1.807) is 43.3 Å². The van der Waals surface area contributed by atoms with Gasteiger partial charge in [0.2, 0.25) is 15.9 Å². The van der Waals surface area contributed by atoms with Crippen LogP contribution in [-0.2, 0) is 43.4 Å². The summed E-state index contributed by atoms with van der Waals surface area (Å²) < 4.78 is 53.4. The Labute approximate surface area is 260 Å². The fourth-order valence-electron chi connectivity index (χ4n) is 4.71. The molecule has 0 fully saturated rings. The zero-order valence-corrected chi connectivity index (χ0v) is 26.7. The number of benzene rings is 2. The van der Waals surface area contributed by atoms with E-state index in [0.717, 1.165) is 6.26 Å². The van der Waals surface area contributed by atoms with Gasteiger partial charge >= 0.3 is 11.9 Å². The maximum atomic E-state index is 14.3. The fraction of sp³-hybridized carbons (Fsp3) is 0.448. The molecule has 0 aromatic heterocycles. The molecule has 0 saturated carbocycles. The molecule has 0 bridgehead atoms. The third kappa shape index (κ3) is 8.83. The van der Waals surface area contributed by atoms with Gasteiger partial charge in [0.1, 0.15) is 25.4 Å². The van der Waals surface area contributed by atoms with E-state index in [4.69, 9.17) is 35.3 Å². The Morgan fingerprint density at radius 3 is 2.20 bits per heavy atom. The number of sulfonamides is 1. The Hall–Kier alpha value is -3.88. The second kappa shape index (κ2) is 14.3. The summed E-state index contributed by atoms with van der Waals surface area (Å²) in [5, 5.41) is 0.308. The lowest BCUT2D eigenvalue weighted by Crippen LogP contribution is -2.49. The smallest absolute Gasteiger partial charge is 0.302 e. The van der Waals surface area contributed by atoms with E-state index in [2.05, 4.69) is 0 Å². The molecule has 0 saturated heterocycles. The molecule has 0 aliphatic carbocycles. The van der Waals surface area contributed by atoms with Gasteiger partial charge in [-0.2, -0.15) is 0 Å². The number of fused-ring (bicyclic) bond motifs is 1. The van der Waals surface area contributed by atoms with E-state index in [1.807, 2.05) is 4.72 Å². The van der Waals surface area contributed by atoms with E-state index < -0.39 is 57.8 Å². The van der Waals surface area contributed by atoms with Crippen LogP contribution in [0.5, 0.6) is 11.5 Å². The minimum Gasteiger partial charge on any atom is -0.493 e. The number of hydrogen-bond acceptors (Lipinski definition) is 11. The molecule has 0 unspecified atom stereocenters. The summed E-state index contributed by atoms with van der Waals surface area (Å²) in [4.78, 5) is 51.8. The molecule has 2 aromatic rings. The van der Waals surface area contributed by atoms with Crippen LogP contribution in [0.3, 0.4) is 0 Å². The highest BCUT2D eigenvalue weighted by Gasteiger charge is 2.42. The molecule has 0 spiro atoms. The molecule has 44 heavy (non-hydrogen) atoms. The molecular formula is C29H35ClN2O11S. The Morgan fingerprint density at radius 1 is 1.02 bits per heavy atom. The number of nitrogens with one attached hydrogen (secondary N) is 1. The Morgan fingerprint density at radius 2 is 1.66 bits per heavy atom. The minimum absolute atomic E-state index is 0.170. The van der Waals surface area contributed by atoms with Crippen LogP contribution in [0.4, 0.5) is 5.69 Å². The van der Waals surface area contributed by atoms with Crippen LogP contribution in [0.2, 0.25) is 5.02 Å². The van der Waals surface area contributed by atoms with Crippen molar-refractivity contribution >= 4 is 51.1 Å². The highest BCUT2D eigenvalue weighted by molar-refractivity contribution is 7.89. The number of carbonyl (C=O) groups excluding carboxylic acids is 4. The number of ether oxygens (including phenoxy) is 5. The molecule has 1 aliphatic rings. The maximum absolute atomic E-state index is 14.3. The minimum atomic E-state index is -3.95. The summed E-state index contributed by atoms with van der Waals surface area (Å²) in [6.45, 7) is 3.47. The van der Waals surface area contributed by atoms with Gasteiger partial charge in [0.05, 0.1) is 32.3 Å². The maximum Gasteiger partial charge on any atom is 0.302 e. The van der Waals surface area contributed by atoms with E-state index in [1.165, 1.54) is 33.0 Å². The van der Waals surface area contributed by atoms with Gasteiger partial charge in [-0.25, -0.2) is 8.42 Å². The summed E-state index contributed by atoms with van der Waals surface area (Å²) in [5.41, 5.74) is 0.0424. The van der Waals surface area contributed by atoms with E-state index >= 15 is 0 Å². The molecule has 2 amide bonds. The van der Waals surface area contributed by atoms with Gasteiger partial charge in [0.25, 0.3) is 5.91 Å². The first kappa shape index (κ1) is 34.6. The first-order chi connectivity index (χ1) is 20.6. The van der Waals surface area contributed by atoms with E-state index in [-0.39, 0.29) is 19.8 Å². The SMILES string of the molecule is COc1cccc([C@H]2O[C@H](CC(=O)NS(C)(=O)=O)C(=O)N(CC(C)(COC(C)=O)COC(C)=O)c3ccc(Cl)cc32)c1OC. The average Bonchev–Trinajstić information content (AvgIpc) is 3.04. The first-order valence-corrected chi connectivity index (χ1v) is 15.6. The Kier molecular flexibility index (Phi) is 11.2. The predicted molar refractivity (Wildman–Crippen MR) is 159 cm³/mol. The number of anilines is 1. The molecular weight excluding hydrogens is 620 g/mol. The summed E-state index contributed by atoms with van der Waals surface area (Å²) in [6, 6.07) is 9.80. The van der Waals surface area contributed by atoms with Crippen LogP contribution in [-0.4, -0.2) is 78.5 Å². The number of hydrogen-bond donors (Lipinski definition) is 1. The zero-order valence-electron chi connectivity index (χ0n) is 25.2. The largest absolute Gasteiger partial charge is 0.493 e. The molecule has 3 rings (SSSR count). The number of esters is 2. The number of rotatable bonds is 12. The van der Waals surface area contributed by atoms with Crippen molar-refractivity contribution in [1.29, 1.82) is 0 Å². The van der Waals surface area contributed by atoms with Crippen molar-refractivity contribution in [1.82, 2.24) is 4.72 Å². The molecule has 240 valence electrons. The summed E-state index contributed by atoms with van der Waals surface area (Å²) in [5.74, 6) is -2.20. The van der Waals surface area contributed by atoms with Crippen LogP contribution in [0.25, 0.3) is 0 Å². The molecule has 1 N–H and O–H groups in total. The summed E-state index contributed by atoms with van der Waals surface area (Å²) in [7, 11) is -1.06. The zero-order chi connectivity index (χ0) is 32.8. The van der Waals surface area contributed by atoms with Crippen LogP contribution >= 0.6 is 11.6 Å². The van der Waals surface area contributed by atoms with Crippen molar-refractivity contribution in [2.24, 2.45) is 5.41 Å². The lowest BCUT2D eigenvalue weighted by atomic mass is 9.90. The molecule has 0 radical (unpaired) electrons. The molecule has 2 atom stereocenters. The van der Waals surface area contributed by atoms with Crippen molar-refractivity contribution in [2.45, 2.75) is 39.4 Å². The lowest BCUT2D eigenvalue weighted by Gasteiger charge is -2.35. The lowest BCUT2D eigenvalue weighted by molar-refractivity contribution is -0.150. The average molecular weight is 655 g/mol. The number of carbonyl (C=O) groups is 4. The monoisotopic (exact) mass is 654 g/mol. The van der Waals surface area contributed by atoms with Gasteiger partial charge < -0.3 is 28.6 Å². The number of halogens is 1. The standard InChI is InChI=1S/C29H35ClN2O11S/c1-17(33)41-15-29(3,16-42-18(2)34)14-32-22-11-10-19(30)12-21(22)26(20-8-7-9-23(39-4)27(20)40-5)43-24(28(32)36)13-25(35)31-44(6,37)38/h7-12,24,26H,13-16H2,1-6H3,(H,31,35)/t24-,26-/m1/s1. The number of amides is 2. The van der Waals surface area contributed by atoms with Crippen molar-refractivity contribution in [3.8, 4) is 11.5 Å². The van der Waals surface area contributed by atoms with Crippen molar-refractivity contribution in [2.75, 3.05) is 45.1 Å². The van der Waals surface area contributed by atoms with Crippen molar-refractivity contribution < 1.29 is 51.3 Å². The number of nitrogens with zero attached hydrogens (tertiary/aromatic N) is 1. The topological polar surface area (TPSA) is 164 Å². The van der Waals surface area contributed by atoms with Crippen LogP contribution < -0.4 is 19.1 Å². The van der Waals surface area contributed by atoms with Crippen LogP contribution in [0.15, 0.2) is 36.4 Å². The Bertz CT molecular complexity index is 1510. The van der Waals surface area contributed by atoms with E-state index in [0.29, 0.717) is 33.3 Å². The van der Waals surface area contributed by atoms with E-state index in [9.17, 15) is 27.6 Å². The molecule has 13 nitrogen and oxygen atoms in total. The highest BCUT2D eigenvalue weighted by Crippen LogP contribution is 2.45. The normalized spacial score (nSPS) is 16.8. The van der Waals surface area contributed by atoms with Crippen molar-refractivity contribution in [3.63, 3.8) is 0 Å². The van der Waals surface area contributed by atoms with Crippen molar-refractivity contribution in [3.05, 3.63) is 52.5 Å². The molecule has 2 aromatic carbocycles. The van der Waals surface area contributed by atoms with Gasteiger partial charge in [-0.05, 0) is 24.3 Å². The second-order valence-electron chi connectivity index (χ2n) is 10.6. The van der Waals surface area contributed by atoms with Crippen LogP contribution in [0, 0.1) is 5.41 Å². The van der Waals surface area contributed by atoms with Gasteiger partial charge in [-0.1, -0.05) is 30.7 Å². The van der Waals surface area contributed by atoms with Crippen LogP contribution in [0.1, 0.15) is 44.4 Å².